The highest BCUT2D eigenvalue weighted by molar-refractivity contribution is 5.89. The number of aliphatic hydroxyl groups excluding tert-OH is 2. The molecule has 0 heterocycles. The minimum atomic E-state index is -4.53. The van der Waals surface area contributed by atoms with Gasteiger partial charge in [-0.3, -0.25) is 9.59 Å². The maximum absolute atomic E-state index is 12.8. The molecule has 3 rings (SSSR count). The first-order valence-electron chi connectivity index (χ1n) is 10.8. The number of aliphatic hydroxyl groups is 2. The summed E-state index contributed by atoms with van der Waals surface area (Å²) in [5, 5.41) is 21.0. The van der Waals surface area contributed by atoms with Crippen LogP contribution in [0.3, 0.4) is 0 Å². The van der Waals surface area contributed by atoms with Crippen molar-refractivity contribution in [2.45, 2.75) is 51.0 Å². The number of alkyl halides is 3. The summed E-state index contributed by atoms with van der Waals surface area (Å²) in [7, 11) is 0. The molecule has 0 amide bonds. The summed E-state index contributed by atoms with van der Waals surface area (Å²) >= 11 is 0. The lowest BCUT2D eigenvalue weighted by Gasteiger charge is -2.25. The van der Waals surface area contributed by atoms with Gasteiger partial charge in [-0.25, -0.2) is 0 Å². The van der Waals surface area contributed by atoms with E-state index in [0.717, 1.165) is 29.8 Å². The first kappa shape index (κ1) is 25.3. The molecule has 6 nitrogen and oxygen atoms in total. The molecular weight excluding hydrogens is 453 g/mol. The maximum Gasteiger partial charge on any atom is 0.416 e. The lowest BCUT2D eigenvalue weighted by atomic mass is 9.98. The minimum absolute atomic E-state index is 0.00478. The van der Waals surface area contributed by atoms with Crippen LogP contribution >= 0.6 is 0 Å². The number of ketones is 1. The zero-order valence-electron chi connectivity index (χ0n) is 18.4. The monoisotopic (exact) mass is 478 g/mol. The lowest BCUT2D eigenvalue weighted by Crippen LogP contribution is -2.34. The van der Waals surface area contributed by atoms with Crippen LogP contribution in [-0.2, 0) is 26.9 Å². The Labute approximate surface area is 194 Å². The summed E-state index contributed by atoms with van der Waals surface area (Å²) in [5.74, 6) is -2.97. The highest BCUT2D eigenvalue weighted by atomic mass is 19.4. The number of halogens is 3. The van der Waals surface area contributed by atoms with Gasteiger partial charge >= 0.3 is 12.1 Å². The van der Waals surface area contributed by atoms with Crippen LogP contribution in [0, 0.1) is 5.92 Å². The number of aryl methyl sites for hydroxylation is 1. The number of rotatable bonds is 8. The van der Waals surface area contributed by atoms with E-state index in [1.807, 2.05) is 30.3 Å². The minimum Gasteiger partial charge on any atom is -0.509 e. The number of hydrogen-bond donors (Lipinski definition) is 2. The van der Waals surface area contributed by atoms with Gasteiger partial charge in [-0.1, -0.05) is 37.3 Å². The summed E-state index contributed by atoms with van der Waals surface area (Å²) in [6.45, 7) is 1.59. The van der Waals surface area contributed by atoms with Crippen molar-refractivity contribution in [3.63, 3.8) is 0 Å². The molecular formula is C25H25F3O6. The molecule has 2 aromatic carbocycles. The molecule has 0 aromatic heterocycles. The molecule has 1 aliphatic carbocycles. The van der Waals surface area contributed by atoms with E-state index in [1.54, 1.807) is 6.92 Å². The van der Waals surface area contributed by atoms with Crippen molar-refractivity contribution in [1.29, 1.82) is 0 Å². The van der Waals surface area contributed by atoms with Crippen LogP contribution < -0.4 is 4.74 Å². The number of carbonyl (C=O) groups excluding carboxylic acids is 2. The van der Waals surface area contributed by atoms with Gasteiger partial charge in [0.1, 0.15) is 11.5 Å². The first-order valence-corrected chi connectivity index (χ1v) is 10.8. The van der Waals surface area contributed by atoms with Crippen molar-refractivity contribution in [1.82, 2.24) is 0 Å². The van der Waals surface area contributed by atoms with Crippen LogP contribution in [0.25, 0.3) is 0 Å². The van der Waals surface area contributed by atoms with E-state index in [1.165, 1.54) is 0 Å². The molecule has 2 N–H and O–H groups in total. The van der Waals surface area contributed by atoms with Crippen molar-refractivity contribution < 1.29 is 42.4 Å². The highest BCUT2D eigenvalue weighted by Gasteiger charge is 2.48. The second kappa shape index (κ2) is 10.7. The van der Waals surface area contributed by atoms with Crippen molar-refractivity contribution in [2.24, 2.45) is 5.92 Å². The molecule has 3 atom stereocenters. The zero-order valence-corrected chi connectivity index (χ0v) is 18.4. The van der Waals surface area contributed by atoms with Gasteiger partial charge in [-0.05, 0) is 36.2 Å². The number of benzene rings is 2. The van der Waals surface area contributed by atoms with Gasteiger partial charge < -0.3 is 19.7 Å². The molecule has 34 heavy (non-hydrogen) atoms. The van der Waals surface area contributed by atoms with Crippen molar-refractivity contribution in [3.05, 3.63) is 77.2 Å². The Balaban J connectivity index is 1.78. The molecule has 0 bridgehead atoms. The summed E-state index contributed by atoms with van der Waals surface area (Å²) in [5.41, 5.74) is 0.0232. The van der Waals surface area contributed by atoms with Crippen LogP contribution in [0.15, 0.2) is 66.1 Å². The molecule has 1 saturated carbocycles. The third kappa shape index (κ3) is 6.17. The molecule has 0 radical (unpaired) electrons. The number of carbonyl (C=O) groups is 2. The first-order chi connectivity index (χ1) is 16.1. The number of hydrogen-bond acceptors (Lipinski definition) is 6. The van der Waals surface area contributed by atoms with E-state index >= 15 is 0 Å². The zero-order chi connectivity index (χ0) is 24.9. The fraction of sp³-hybridized carbons (Fsp3) is 0.360. The predicted molar refractivity (Wildman–Crippen MR) is 116 cm³/mol. The predicted octanol–water partition coefficient (Wildman–Crippen LogP) is 4.76. The summed E-state index contributed by atoms with van der Waals surface area (Å²) in [6.07, 6.45) is -7.11. The second-order valence-electron chi connectivity index (χ2n) is 7.95. The summed E-state index contributed by atoms with van der Waals surface area (Å²) in [6, 6.07) is 13.0. The van der Waals surface area contributed by atoms with Crippen LogP contribution in [0.4, 0.5) is 13.2 Å². The van der Waals surface area contributed by atoms with E-state index < -0.39 is 41.6 Å². The van der Waals surface area contributed by atoms with Gasteiger partial charge in [0.15, 0.2) is 17.6 Å². The van der Waals surface area contributed by atoms with Crippen LogP contribution in [-0.4, -0.2) is 34.2 Å². The Hall–Kier alpha value is -3.33. The lowest BCUT2D eigenvalue weighted by molar-refractivity contribution is -0.156. The Morgan fingerprint density at radius 3 is 2.32 bits per heavy atom. The fourth-order valence-corrected chi connectivity index (χ4v) is 3.73. The third-order valence-electron chi connectivity index (χ3n) is 5.52. The van der Waals surface area contributed by atoms with E-state index in [4.69, 9.17) is 9.47 Å². The Bertz CT molecular complexity index is 1030. The Morgan fingerprint density at radius 1 is 1.09 bits per heavy atom. The molecule has 1 aliphatic rings. The van der Waals surface area contributed by atoms with E-state index in [2.05, 4.69) is 0 Å². The molecule has 3 unspecified atom stereocenters. The highest BCUT2D eigenvalue weighted by Crippen LogP contribution is 2.36. The topological polar surface area (TPSA) is 93.1 Å². The fourth-order valence-electron chi connectivity index (χ4n) is 3.73. The van der Waals surface area contributed by atoms with Crippen molar-refractivity contribution >= 4 is 11.8 Å². The van der Waals surface area contributed by atoms with Gasteiger partial charge in [0.05, 0.1) is 17.6 Å². The standard InChI is InChI=1S/C25H25F3O6/c1-2-18(29)23(33-17-11-9-16(10-12-17)25(26,27)28)22-19(30)14-20(31)24(22)34-21(32)13-8-15-6-4-3-5-7-15/h3-7,9-12,19,22,24,29-30H,2,8,13-14H2,1H3/b23-18+. The van der Waals surface area contributed by atoms with Gasteiger partial charge in [0, 0.05) is 19.3 Å². The van der Waals surface area contributed by atoms with Gasteiger partial charge in [-0.15, -0.1) is 0 Å². The molecule has 0 saturated heterocycles. The SMILES string of the molecule is CC/C(O)=C(\Oc1ccc(C(F)(F)F)cc1)C1C(O)CC(=O)C1OC(=O)CCc1ccccc1. The normalized spacial score (nSPS) is 21.2. The average molecular weight is 478 g/mol. The largest absolute Gasteiger partial charge is 0.509 e. The summed E-state index contributed by atoms with van der Waals surface area (Å²) < 4.78 is 49.5. The molecule has 0 aliphatic heterocycles. The molecule has 2 aromatic rings. The Morgan fingerprint density at radius 2 is 1.74 bits per heavy atom. The third-order valence-corrected chi connectivity index (χ3v) is 5.52. The quantitative estimate of drug-likeness (QED) is 0.420. The second-order valence-corrected chi connectivity index (χ2v) is 7.95. The van der Waals surface area contributed by atoms with Crippen LogP contribution in [0.2, 0.25) is 0 Å². The average Bonchev–Trinajstić information content (AvgIpc) is 3.08. The number of allylic oxidation sites excluding steroid dienone is 1. The molecule has 182 valence electrons. The van der Waals surface area contributed by atoms with Crippen molar-refractivity contribution in [3.8, 4) is 5.75 Å². The van der Waals surface area contributed by atoms with Crippen LogP contribution in [0.5, 0.6) is 5.75 Å². The van der Waals surface area contributed by atoms with Crippen molar-refractivity contribution in [2.75, 3.05) is 0 Å². The molecule has 1 fully saturated rings. The van der Waals surface area contributed by atoms with E-state index in [9.17, 15) is 33.0 Å². The maximum atomic E-state index is 12.8. The smallest absolute Gasteiger partial charge is 0.416 e. The van der Waals surface area contributed by atoms with Gasteiger partial charge in [-0.2, -0.15) is 13.2 Å². The van der Waals surface area contributed by atoms with E-state index in [-0.39, 0.29) is 36.5 Å². The van der Waals surface area contributed by atoms with Gasteiger partial charge in [0.25, 0.3) is 0 Å². The number of ether oxygens (including phenoxy) is 2. The number of Topliss-reactive ketones (excluding diaryl/α,β-unsaturated/α-hetero) is 1. The Kier molecular flexibility index (Phi) is 7.98. The number of esters is 1. The van der Waals surface area contributed by atoms with E-state index in [0.29, 0.717) is 6.42 Å². The molecule has 0 spiro atoms. The molecule has 9 heteroatoms. The van der Waals surface area contributed by atoms with Gasteiger partial charge in [0.2, 0.25) is 0 Å². The van der Waals surface area contributed by atoms with Crippen LogP contribution in [0.1, 0.15) is 37.3 Å². The summed E-state index contributed by atoms with van der Waals surface area (Å²) in [4.78, 5) is 24.9.